The van der Waals surface area contributed by atoms with Crippen LogP contribution in [0.1, 0.15) is 30.9 Å². The summed E-state index contributed by atoms with van der Waals surface area (Å²) in [5.41, 5.74) is 8.20. The average molecular weight is 533 g/mol. The summed E-state index contributed by atoms with van der Waals surface area (Å²) in [6, 6.07) is 7.99. The highest BCUT2D eigenvalue weighted by atomic mass is 35.5. The van der Waals surface area contributed by atoms with E-state index in [4.69, 9.17) is 22.1 Å². The Morgan fingerprint density at radius 1 is 1.36 bits per heavy atom. The highest BCUT2D eigenvalue weighted by Crippen LogP contribution is 2.36. The molecule has 0 radical (unpaired) electrons. The molecule has 1 aromatic carbocycles. The van der Waals surface area contributed by atoms with Gasteiger partial charge in [0.05, 0.1) is 28.6 Å². The Bertz CT molecular complexity index is 1220. The number of hydrogen-bond acceptors (Lipinski definition) is 7. The summed E-state index contributed by atoms with van der Waals surface area (Å²) < 4.78 is 18.7. The molecule has 2 unspecified atom stereocenters. The number of hydrogen-bond donors (Lipinski definition) is 2. The predicted octanol–water partition coefficient (Wildman–Crippen LogP) is 5.03. The third-order valence-corrected chi connectivity index (χ3v) is 8.01. The molecule has 4 rings (SSSR count). The topological polar surface area (TPSA) is 102 Å². The van der Waals surface area contributed by atoms with Gasteiger partial charge in [-0.05, 0) is 61.6 Å². The molecule has 10 heteroatoms. The Hall–Kier alpha value is -2.46. The number of carbonyl (C=O) groups is 1. The number of methoxy groups -OCH3 is 1. The van der Waals surface area contributed by atoms with Gasteiger partial charge in [0, 0.05) is 48.7 Å². The number of piperidine rings is 1. The van der Waals surface area contributed by atoms with Crippen LogP contribution in [-0.2, 0) is 4.79 Å². The van der Waals surface area contributed by atoms with Gasteiger partial charge >= 0.3 is 5.97 Å². The van der Waals surface area contributed by atoms with E-state index in [1.807, 2.05) is 18.2 Å². The molecule has 3 atom stereocenters. The number of halogens is 2. The number of carboxylic acids is 1. The number of nitrogens with zero attached hydrogens (tertiary/aromatic N) is 3. The number of rotatable bonds is 10. The lowest BCUT2D eigenvalue weighted by Crippen LogP contribution is -2.44. The largest absolute Gasteiger partial charge is 0.497 e. The molecular weight excluding hydrogens is 503 g/mol. The molecule has 7 nitrogen and oxygen atoms in total. The van der Waals surface area contributed by atoms with Crippen molar-refractivity contribution in [3.8, 4) is 5.75 Å². The van der Waals surface area contributed by atoms with Crippen molar-refractivity contribution < 1.29 is 19.0 Å². The molecule has 1 aliphatic rings. The van der Waals surface area contributed by atoms with Gasteiger partial charge in [-0.3, -0.25) is 9.78 Å². The third kappa shape index (κ3) is 6.45. The normalized spacial score (nSPS) is 19.3. The fraction of sp³-hybridized carbons (Fsp3) is 0.423. The maximum atomic E-state index is 13.3. The number of nitrogens with two attached hydrogens (primary N) is 1. The number of aromatic nitrogens is 2. The van der Waals surface area contributed by atoms with Crippen molar-refractivity contribution in [3.63, 3.8) is 0 Å². The molecule has 0 amide bonds. The van der Waals surface area contributed by atoms with Crippen LogP contribution in [0.4, 0.5) is 4.39 Å². The van der Waals surface area contributed by atoms with Gasteiger partial charge in [0.15, 0.2) is 0 Å². The lowest BCUT2D eigenvalue weighted by molar-refractivity contribution is -0.146. The van der Waals surface area contributed by atoms with Crippen molar-refractivity contribution in [3.05, 3.63) is 59.1 Å². The van der Waals surface area contributed by atoms with Crippen molar-refractivity contribution in [1.82, 2.24) is 14.9 Å². The number of likely N-dealkylation sites (tertiary alicyclic amines) is 1. The molecule has 3 N–H and O–H groups in total. The van der Waals surface area contributed by atoms with E-state index in [-0.39, 0.29) is 17.8 Å². The van der Waals surface area contributed by atoms with Gasteiger partial charge < -0.3 is 20.5 Å². The Kier molecular flexibility index (Phi) is 9.00. The number of carboxylic acid groups (broad SMARTS) is 1. The van der Waals surface area contributed by atoms with Crippen LogP contribution in [-0.4, -0.2) is 58.4 Å². The fourth-order valence-corrected chi connectivity index (χ4v) is 6.03. The van der Waals surface area contributed by atoms with Crippen molar-refractivity contribution in [1.29, 1.82) is 0 Å². The molecule has 192 valence electrons. The Morgan fingerprint density at radius 2 is 2.19 bits per heavy atom. The number of aliphatic carboxylic acids is 1. The van der Waals surface area contributed by atoms with Crippen molar-refractivity contribution in [2.75, 3.05) is 32.5 Å². The molecule has 3 aromatic rings. The molecule has 0 bridgehead atoms. The van der Waals surface area contributed by atoms with Crippen molar-refractivity contribution in [2.45, 2.75) is 30.3 Å². The van der Waals surface area contributed by atoms with E-state index in [0.717, 1.165) is 41.7 Å². The van der Waals surface area contributed by atoms with Gasteiger partial charge in [-0.1, -0.05) is 11.6 Å². The van der Waals surface area contributed by atoms with Crippen LogP contribution in [0, 0.1) is 17.7 Å². The zero-order valence-corrected chi connectivity index (χ0v) is 21.6. The van der Waals surface area contributed by atoms with E-state index in [2.05, 4.69) is 14.9 Å². The quantitative estimate of drug-likeness (QED) is 0.351. The molecule has 36 heavy (non-hydrogen) atoms. The summed E-state index contributed by atoms with van der Waals surface area (Å²) in [7, 11) is 1.61. The smallest absolute Gasteiger partial charge is 0.308 e. The van der Waals surface area contributed by atoms with Crippen LogP contribution in [0.2, 0.25) is 5.02 Å². The minimum Gasteiger partial charge on any atom is -0.497 e. The molecule has 0 spiro atoms. The minimum absolute atomic E-state index is 0.0313. The van der Waals surface area contributed by atoms with Crippen LogP contribution < -0.4 is 10.5 Å². The van der Waals surface area contributed by atoms with Crippen molar-refractivity contribution in [2.24, 2.45) is 17.6 Å². The van der Waals surface area contributed by atoms with Gasteiger partial charge in [-0.15, -0.1) is 11.8 Å². The first kappa shape index (κ1) is 26.6. The standard InChI is InChI=1S/C26H30ClFN4O3S/c1-35-18-3-5-23-19(13-18)25(21(27)14-31-23)22(29)4-2-16-7-9-32(15-20(16)26(33)34)10-11-36-24-12-17(28)6-8-30-24/h3,5-6,8,12-14,16,20,22H,2,4,7,9-11,15,29H2,1H3,(H,33,34)/t16?,20?,22-/m1/s1. The highest BCUT2D eigenvalue weighted by Gasteiger charge is 2.34. The highest BCUT2D eigenvalue weighted by molar-refractivity contribution is 7.99. The maximum absolute atomic E-state index is 13.3. The number of pyridine rings is 2. The first-order valence-electron chi connectivity index (χ1n) is 11.9. The van der Waals surface area contributed by atoms with E-state index in [1.165, 1.54) is 30.1 Å². The predicted molar refractivity (Wildman–Crippen MR) is 140 cm³/mol. The molecule has 1 saturated heterocycles. The average Bonchev–Trinajstić information content (AvgIpc) is 2.87. The zero-order chi connectivity index (χ0) is 25.7. The van der Waals surface area contributed by atoms with Gasteiger partial charge in [0.2, 0.25) is 0 Å². The first-order valence-corrected chi connectivity index (χ1v) is 13.3. The number of ether oxygens (including phenoxy) is 1. The van der Waals surface area contributed by atoms with Gasteiger partial charge in [0.25, 0.3) is 0 Å². The number of thioether (sulfide) groups is 1. The SMILES string of the molecule is COc1ccc2ncc(Cl)c([C@H](N)CCC3CCN(CCSc4cc(F)ccn4)CC3C(=O)O)c2c1. The Labute approximate surface area is 219 Å². The minimum atomic E-state index is -0.783. The monoisotopic (exact) mass is 532 g/mol. The molecule has 1 aliphatic heterocycles. The van der Waals surface area contributed by atoms with Gasteiger partial charge in [-0.2, -0.15) is 0 Å². The first-order chi connectivity index (χ1) is 17.4. The van der Waals surface area contributed by atoms with Crippen LogP contribution in [0.25, 0.3) is 10.9 Å². The van der Waals surface area contributed by atoms with Crippen LogP contribution in [0.3, 0.4) is 0 Å². The molecule has 3 heterocycles. The van der Waals surface area contributed by atoms with E-state index in [1.54, 1.807) is 13.3 Å². The summed E-state index contributed by atoms with van der Waals surface area (Å²) in [6.07, 6.45) is 5.16. The van der Waals surface area contributed by atoms with Gasteiger partial charge in [-0.25, -0.2) is 9.37 Å². The third-order valence-electron chi connectivity index (χ3n) is 6.80. The van der Waals surface area contributed by atoms with Crippen LogP contribution >= 0.6 is 23.4 Å². The summed E-state index contributed by atoms with van der Waals surface area (Å²) in [5.74, 6) is -0.107. The van der Waals surface area contributed by atoms with E-state index < -0.39 is 11.9 Å². The van der Waals surface area contributed by atoms with Gasteiger partial charge in [0.1, 0.15) is 11.6 Å². The Morgan fingerprint density at radius 3 is 2.94 bits per heavy atom. The molecular formula is C26H30ClFN4O3S. The fourth-order valence-electron chi connectivity index (χ4n) is 4.85. The van der Waals surface area contributed by atoms with Crippen molar-refractivity contribution >= 4 is 40.2 Å². The molecule has 0 aliphatic carbocycles. The second-order valence-electron chi connectivity index (χ2n) is 9.04. The molecule has 0 saturated carbocycles. The van der Waals surface area contributed by atoms with Crippen LogP contribution in [0.5, 0.6) is 5.75 Å². The second-order valence-corrected chi connectivity index (χ2v) is 10.6. The summed E-state index contributed by atoms with van der Waals surface area (Å²) in [6.45, 7) is 2.03. The van der Waals surface area contributed by atoms with E-state index >= 15 is 0 Å². The zero-order valence-electron chi connectivity index (χ0n) is 20.1. The maximum Gasteiger partial charge on any atom is 0.308 e. The lowest BCUT2D eigenvalue weighted by Gasteiger charge is -2.37. The summed E-state index contributed by atoms with van der Waals surface area (Å²) in [4.78, 5) is 22.8. The van der Waals surface area contributed by atoms with E-state index in [9.17, 15) is 14.3 Å². The van der Waals surface area contributed by atoms with Crippen LogP contribution in [0.15, 0.2) is 47.8 Å². The molecule has 2 aromatic heterocycles. The number of fused-ring (bicyclic) bond motifs is 1. The molecule has 1 fully saturated rings. The number of benzene rings is 1. The lowest BCUT2D eigenvalue weighted by atomic mass is 9.81. The van der Waals surface area contributed by atoms with E-state index in [0.29, 0.717) is 35.2 Å². The summed E-state index contributed by atoms with van der Waals surface area (Å²) >= 11 is 7.98. The summed E-state index contributed by atoms with van der Waals surface area (Å²) in [5, 5.41) is 11.9. The Balaban J connectivity index is 1.36. The second kappa shape index (κ2) is 12.2.